The Morgan fingerprint density at radius 3 is 2.85 bits per heavy atom. The van der Waals surface area contributed by atoms with E-state index in [1.165, 1.54) is 11.1 Å². The number of ether oxygens (including phenoxy) is 1. The van der Waals surface area contributed by atoms with E-state index in [2.05, 4.69) is 44.2 Å². The zero-order valence-corrected chi connectivity index (χ0v) is 19.1. The maximum Gasteiger partial charge on any atom is 0.278 e. The van der Waals surface area contributed by atoms with Crippen LogP contribution >= 0.6 is 0 Å². The predicted octanol–water partition coefficient (Wildman–Crippen LogP) is 2.21. The van der Waals surface area contributed by atoms with E-state index < -0.39 is 5.91 Å². The third-order valence-corrected chi connectivity index (χ3v) is 6.44. The highest BCUT2D eigenvalue weighted by molar-refractivity contribution is 6.07. The number of anilines is 3. The van der Waals surface area contributed by atoms with Crippen LogP contribution in [0.1, 0.15) is 34.6 Å². The molecule has 0 spiro atoms. The molecule has 10 heteroatoms. The van der Waals surface area contributed by atoms with Crippen molar-refractivity contribution in [2.75, 3.05) is 48.8 Å². The molecule has 1 amide bonds. The maximum absolute atomic E-state index is 13.2. The zero-order chi connectivity index (χ0) is 23.7. The highest BCUT2D eigenvalue weighted by Gasteiger charge is 2.22. The van der Waals surface area contributed by atoms with Gasteiger partial charge in [-0.2, -0.15) is 0 Å². The average Bonchev–Trinajstić information content (AvgIpc) is 2.87. The molecule has 1 saturated heterocycles. The van der Waals surface area contributed by atoms with Crippen LogP contribution in [0.25, 0.3) is 11.3 Å². The molecular weight excluding hydrogens is 429 g/mol. The Kier molecular flexibility index (Phi) is 6.17. The number of morpholine rings is 1. The van der Waals surface area contributed by atoms with Crippen molar-refractivity contribution >= 4 is 31.1 Å². The summed E-state index contributed by atoms with van der Waals surface area (Å²) in [6, 6.07) is 8.17. The number of hydrogen-bond acceptors (Lipinski definition) is 8. The maximum atomic E-state index is 13.2. The summed E-state index contributed by atoms with van der Waals surface area (Å²) in [5, 5.41) is 2.92. The van der Waals surface area contributed by atoms with Crippen LogP contribution in [0.4, 0.5) is 17.2 Å². The van der Waals surface area contributed by atoms with Gasteiger partial charge in [0.25, 0.3) is 5.91 Å². The Bertz CT molecular complexity index is 1220. The van der Waals surface area contributed by atoms with Crippen molar-refractivity contribution in [3.05, 3.63) is 59.7 Å². The Morgan fingerprint density at radius 1 is 1.21 bits per heavy atom. The second kappa shape index (κ2) is 9.40. The molecule has 1 unspecified atom stereocenters. The number of nitrogens with one attached hydrogen (secondary N) is 1. The van der Waals surface area contributed by atoms with Crippen LogP contribution in [0.3, 0.4) is 0 Å². The quantitative estimate of drug-likeness (QED) is 0.577. The molecule has 2 aliphatic heterocycles. The van der Waals surface area contributed by atoms with Crippen molar-refractivity contribution in [3.63, 3.8) is 0 Å². The number of hydrogen-bond donors (Lipinski definition) is 2. The third kappa shape index (κ3) is 4.34. The van der Waals surface area contributed by atoms with Crippen LogP contribution in [0.15, 0.2) is 42.9 Å². The molecule has 0 aliphatic carbocycles. The van der Waals surface area contributed by atoms with Gasteiger partial charge >= 0.3 is 0 Å². The lowest BCUT2D eigenvalue weighted by Gasteiger charge is -2.33. The summed E-state index contributed by atoms with van der Waals surface area (Å²) in [4.78, 5) is 30.2. The standard InChI is InChI=1S/C24H26BN7O2/c1-15-18-3-2-17(12-16(18)5-7-32(15)25)19-14-28-23(26)22(29-19)24(33)30-20-13-27-6-4-21(20)31-8-10-34-11-9-31/h2-4,6,12-15H,5,7-11H2,1H3,(H2,26,28)(H,30,33). The molecule has 5 rings (SSSR count). The van der Waals surface area contributed by atoms with E-state index in [0.29, 0.717) is 24.6 Å². The predicted molar refractivity (Wildman–Crippen MR) is 132 cm³/mol. The van der Waals surface area contributed by atoms with Gasteiger partial charge in [0, 0.05) is 30.9 Å². The van der Waals surface area contributed by atoms with Crippen molar-refractivity contribution in [1.29, 1.82) is 0 Å². The fraction of sp³-hybridized carbons (Fsp3) is 0.333. The number of carbonyl (C=O) groups excluding carboxylic acids is 1. The van der Waals surface area contributed by atoms with Crippen molar-refractivity contribution in [2.45, 2.75) is 19.4 Å². The molecule has 1 aromatic carbocycles. The topological polar surface area (TPSA) is 110 Å². The van der Waals surface area contributed by atoms with Gasteiger partial charge in [-0.3, -0.25) is 9.78 Å². The SMILES string of the molecule is [B]N1CCc2cc(-c3cnc(N)c(C(=O)Nc4cnccc4N4CCOCC4)n3)ccc2C1C. The molecule has 1 fully saturated rings. The molecule has 172 valence electrons. The lowest BCUT2D eigenvalue weighted by Crippen LogP contribution is -2.36. The van der Waals surface area contributed by atoms with Crippen molar-refractivity contribution in [2.24, 2.45) is 0 Å². The van der Waals surface area contributed by atoms with E-state index >= 15 is 0 Å². The molecule has 2 aliphatic rings. The molecule has 2 aromatic heterocycles. The second-order valence-electron chi connectivity index (χ2n) is 8.51. The number of benzene rings is 1. The van der Waals surface area contributed by atoms with Crippen molar-refractivity contribution in [1.82, 2.24) is 19.8 Å². The minimum absolute atomic E-state index is 0.0726. The summed E-state index contributed by atoms with van der Waals surface area (Å²) in [7, 11) is 6.07. The minimum Gasteiger partial charge on any atom is -0.382 e. The lowest BCUT2D eigenvalue weighted by molar-refractivity contribution is 0.102. The van der Waals surface area contributed by atoms with Crippen LogP contribution in [0, 0.1) is 0 Å². The zero-order valence-electron chi connectivity index (χ0n) is 19.1. The number of aromatic nitrogens is 3. The fourth-order valence-electron chi connectivity index (χ4n) is 4.46. The van der Waals surface area contributed by atoms with Gasteiger partial charge in [-0.25, -0.2) is 9.97 Å². The number of fused-ring (bicyclic) bond motifs is 1. The summed E-state index contributed by atoms with van der Waals surface area (Å²) in [6.45, 7) is 5.63. The van der Waals surface area contributed by atoms with E-state index in [0.717, 1.165) is 37.3 Å². The van der Waals surface area contributed by atoms with Crippen molar-refractivity contribution < 1.29 is 9.53 Å². The van der Waals surface area contributed by atoms with Gasteiger partial charge in [-0.05, 0) is 43.1 Å². The molecule has 3 aromatic rings. The Morgan fingerprint density at radius 2 is 2.03 bits per heavy atom. The molecule has 2 radical (unpaired) electrons. The molecule has 9 nitrogen and oxygen atoms in total. The molecule has 3 N–H and O–H groups in total. The molecule has 4 heterocycles. The summed E-state index contributed by atoms with van der Waals surface area (Å²) in [5.41, 5.74) is 11.5. The van der Waals surface area contributed by atoms with Gasteiger partial charge in [0.15, 0.2) is 19.5 Å². The van der Waals surface area contributed by atoms with Gasteiger partial charge < -0.3 is 25.5 Å². The molecule has 0 bridgehead atoms. The molecule has 34 heavy (non-hydrogen) atoms. The van der Waals surface area contributed by atoms with Crippen LogP contribution < -0.4 is 16.0 Å². The summed E-state index contributed by atoms with van der Waals surface area (Å²) in [5.74, 6) is -0.358. The Balaban J connectivity index is 1.41. The first-order valence-corrected chi connectivity index (χ1v) is 11.4. The second-order valence-corrected chi connectivity index (χ2v) is 8.51. The summed E-state index contributed by atoms with van der Waals surface area (Å²) in [6.07, 6.45) is 5.78. The highest BCUT2D eigenvalue weighted by atomic mass is 16.5. The number of carbonyl (C=O) groups is 1. The van der Waals surface area contributed by atoms with Crippen LogP contribution in [0.2, 0.25) is 0 Å². The van der Waals surface area contributed by atoms with Gasteiger partial charge in [0.1, 0.15) is 0 Å². The van der Waals surface area contributed by atoms with Gasteiger partial charge in [-0.1, -0.05) is 12.1 Å². The number of nitrogens with two attached hydrogens (primary N) is 1. The first-order valence-electron chi connectivity index (χ1n) is 11.4. The third-order valence-electron chi connectivity index (χ3n) is 6.44. The van der Waals surface area contributed by atoms with Crippen LogP contribution in [-0.4, -0.2) is 66.5 Å². The summed E-state index contributed by atoms with van der Waals surface area (Å²) < 4.78 is 5.44. The molecular formula is C24H26BN7O2. The van der Waals surface area contributed by atoms with Crippen LogP contribution in [-0.2, 0) is 11.2 Å². The lowest BCUT2D eigenvalue weighted by atomic mass is 9.89. The normalized spacial score (nSPS) is 18.4. The number of nitrogen functional groups attached to an aromatic ring is 1. The monoisotopic (exact) mass is 455 g/mol. The number of amides is 1. The van der Waals surface area contributed by atoms with Gasteiger partial charge in [-0.15, -0.1) is 0 Å². The largest absolute Gasteiger partial charge is 0.382 e. The number of pyridine rings is 1. The van der Waals surface area contributed by atoms with E-state index in [4.69, 9.17) is 18.5 Å². The van der Waals surface area contributed by atoms with E-state index in [-0.39, 0.29) is 17.6 Å². The first-order chi connectivity index (χ1) is 16.5. The van der Waals surface area contributed by atoms with Crippen LogP contribution in [0.5, 0.6) is 0 Å². The van der Waals surface area contributed by atoms with E-state index in [9.17, 15) is 4.79 Å². The highest BCUT2D eigenvalue weighted by Crippen LogP contribution is 2.31. The number of nitrogens with zero attached hydrogens (tertiary/aromatic N) is 5. The Hall–Kier alpha value is -3.50. The smallest absolute Gasteiger partial charge is 0.278 e. The van der Waals surface area contributed by atoms with E-state index in [1.54, 1.807) is 18.6 Å². The fourth-order valence-corrected chi connectivity index (χ4v) is 4.46. The van der Waals surface area contributed by atoms with Crippen molar-refractivity contribution in [3.8, 4) is 11.3 Å². The van der Waals surface area contributed by atoms with E-state index in [1.807, 2.05) is 16.9 Å². The molecule has 1 atom stereocenters. The Labute approximate surface area is 199 Å². The average molecular weight is 455 g/mol. The minimum atomic E-state index is -0.431. The van der Waals surface area contributed by atoms with Gasteiger partial charge in [0.05, 0.1) is 42.7 Å². The summed E-state index contributed by atoms with van der Waals surface area (Å²) >= 11 is 0. The number of rotatable bonds is 4. The molecule has 0 saturated carbocycles. The first kappa shape index (κ1) is 22.3. The van der Waals surface area contributed by atoms with Gasteiger partial charge in [0.2, 0.25) is 0 Å².